The van der Waals surface area contributed by atoms with Crippen LogP contribution in [0, 0.1) is 5.92 Å². The minimum Gasteiger partial charge on any atom is -0.397 e. The van der Waals surface area contributed by atoms with E-state index in [1.54, 1.807) is 6.07 Å². The van der Waals surface area contributed by atoms with Gasteiger partial charge in [-0.15, -0.1) is 0 Å². The van der Waals surface area contributed by atoms with E-state index < -0.39 is 0 Å². The molecule has 1 aromatic heterocycles. The SMILES string of the molecule is CCCn1cc(N)cc1C(=O)N1CCCC(C)C1. The first-order valence-corrected chi connectivity index (χ1v) is 6.86. The molecule has 1 atom stereocenters. The summed E-state index contributed by atoms with van der Waals surface area (Å²) >= 11 is 0. The summed E-state index contributed by atoms with van der Waals surface area (Å²) in [5.41, 5.74) is 7.23. The van der Waals surface area contributed by atoms with E-state index in [-0.39, 0.29) is 5.91 Å². The molecular formula is C14H23N3O. The Hall–Kier alpha value is -1.45. The van der Waals surface area contributed by atoms with Crippen molar-refractivity contribution in [2.24, 2.45) is 5.92 Å². The molecule has 0 spiro atoms. The van der Waals surface area contributed by atoms with E-state index in [9.17, 15) is 4.79 Å². The lowest BCUT2D eigenvalue weighted by Gasteiger charge is -2.31. The van der Waals surface area contributed by atoms with Gasteiger partial charge in [0.1, 0.15) is 5.69 Å². The van der Waals surface area contributed by atoms with Gasteiger partial charge in [-0.1, -0.05) is 13.8 Å². The Labute approximate surface area is 109 Å². The highest BCUT2D eigenvalue weighted by atomic mass is 16.2. The Morgan fingerprint density at radius 3 is 3.00 bits per heavy atom. The predicted octanol–water partition coefficient (Wildman–Crippen LogP) is 2.35. The number of aromatic nitrogens is 1. The third kappa shape index (κ3) is 2.68. The molecule has 4 heteroatoms. The number of hydrogen-bond acceptors (Lipinski definition) is 2. The lowest BCUT2D eigenvalue weighted by atomic mass is 10.00. The van der Waals surface area contributed by atoms with Crippen LogP contribution in [0.15, 0.2) is 12.3 Å². The molecule has 4 nitrogen and oxygen atoms in total. The van der Waals surface area contributed by atoms with Gasteiger partial charge in [-0.25, -0.2) is 0 Å². The summed E-state index contributed by atoms with van der Waals surface area (Å²) in [5, 5.41) is 0. The third-order valence-electron chi connectivity index (χ3n) is 3.55. The fourth-order valence-corrected chi connectivity index (χ4v) is 2.67. The summed E-state index contributed by atoms with van der Waals surface area (Å²) in [5.74, 6) is 0.737. The van der Waals surface area contributed by atoms with Crippen LogP contribution in [-0.2, 0) is 6.54 Å². The van der Waals surface area contributed by atoms with E-state index >= 15 is 0 Å². The molecule has 0 bridgehead atoms. The van der Waals surface area contributed by atoms with E-state index in [1.165, 1.54) is 6.42 Å². The topological polar surface area (TPSA) is 51.3 Å². The van der Waals surface area contributed by atoms with E-state index in [0.29, 0.717) is 11.6 Å². The second-order valence-electron chi connectivity index (χ2n) is 5.35. The fraction of sp³-hybridized carbons (Fsp3) is 0.643. The van der Waals surface area contributed by atoms with Crippen molar-refractivity contribution in [3.05, 3.63) is 18.0 Å². The number of piperidine rings is 1. The predicted molar refractivity (Wildman–Crippen MR) is 73.4 cm³/mol. The molecule has 0 aromatic carbocycles. The molecule has 1 aliphatic rings. The molecule has 2 N–H and O–H groups in total. The molecule has 0 aliphatic carbocycles. The molecule has 1 aromatic rings. The second kappa shape index (κ2) is 5.46. The van der Waals surface area contributed by atoms with Crippen molar-refractivity contribution in [1.29, 1.82) is 0 Å². The number of nitrogens with two attached hydrogens (primary N) is 1. The lowest BCUT2D eigenvalue weighted by Crippen LogP contribution is -2.39. The van der Waals surface area contributed by atoms with Crippen LogP contribution in [0.25, 0.3) is 0 Å². The van der Waals surface area contributed by atoms with Gasteiger partial charge in [-0.3, -0.25) is 4.79 Å². The Balaban J connectivity index is 2.17. The number of nitrogens with zero attached hydrogens (tertiary/aromatic N) is 2. The summed E-state index contributed by atoms with van der Waals surface area (Å²) in [7, 11) is 0. The minimum absolute atomic E-state index is 0.131. The zero-order valence-corrected chi connectivity index (χ0v) is 11.4. The van der Waals surface area contributed by atoms with Gasteiger partial charge >= 0.3 is 0 Å². The number of hydrogen-bond donors (Lipinski definition) is 1. The Bertz CT molecular complexity index is 425. The highest BCUT2D eigenvalue weighted by Crippen LogP contribution is 2.20. The normalized spacial score (nSPS) is 20.1. The molecule has 1 saturated heterocycles. The molecule has 18 heavy (non-hydrogen) atoms. The first kappa shape index (κ1) is 13.0. The van der Waals surface area contributed by atoms with Crippen molar-refractivity contribution < 1.29 is 4.79 Å². The standard InChI is InChI=1S/C14H23N3O/c1-3-6-16-10-12(15)8-13(16)14(18)17-7-4-5-11(2)9-17/h8,10-11H,3-7,9,15H2,1-2H3. The third-order valence-corrected chi connectivity index (χ3v) is 3.55. The number of amides is 1. The van der Waals surface area contributed by atoms with Crippen LogP contribution in [0.1, 0.15) is 43.6 Å². The van der Waals surface area contributed by atoms with Crippen molar-refractivity contribution in [3.63, 3.8) is 0 Å². The van der Waals surface area contributed by atoms with Gasteiger partial charge in [0.25, 0.3) is 5.91 Å². The van der Waals surface area contributed by atoms with Crippen molar-refractivity contribution in [3.8, 4) is 0 Å². The maximum absolute atomic E-state index is 12.5. The largest absolute Gasteiger partial charge is 0.397 e. The van der Waals surface area contributed by atoms with Crippen LogP contribution in [0.2, 0.25) is 0 Å². The lowest BCUT2D eigenvalue weighted by molar-refractivity contribution is 0.0672. The number of nitrogen functional groups attached to an aromatic ring is 1. The summed E-state index contributed by atoms with van der Waals surface area (Å²) < 4.78 is 1.98. The maximum Gasteiger partial charge on any atom is 0.270 e. The quantitative estimate of drug-likeness (QED) is 0.894. The number of anilines is 1. The molecule has 1 fully saturated rings. The summed E-state index contributed by atoms with van der Waals surface area (Å²) in [6.45, 7) is 6.91. The number of likely N-dealkylation sites (tertiary alicyclic amines) is 1. The molecule has 0 saturated carbocycles. The second-order valence-corrected chi connectivity index (χ2v) is 5.35. The zero-order valence-electron chi connectivity index (χ0n) is 11.4. The van der Waals surface area contributed by atoms with Crippen LogP contribution >= 0.6 is 0 Å². The Kier molecular flexibility index (Phi) is 3.94. The maximum atomic E-state index is 12.5. The molecule has 2 rings (SSSR count). The molecule has 1 unspecified atom stereocenters. The van der Waals surface area contributed by atoms with Crippen molar-refractivity contribution in [2.75, 3.05) is 18.8 Å². The molecule has 100 valence electrons. The highest BCUT2D eigenvalue weighted by molar-refractivity contribution is 5.93. The van der Waals surface area contributed by atoms with Crippen molar-refractivity contribution >= 4 is 11.6 Å². The van der Waals surface area contributed by atoms with Gasteiger partial charge in [0.2, 0.25) is 0 Å². The van der Waals surface area contributed by atoms with Crippen molar-refractivity contribution in [2.45, 2.75) is 39.7 Å². The average Bonchev–Trinajstić information content (AvgIpc) is 2.70. The summed E-state index contributed by atoms with van der Waals surface area (Å²) in [4.78, 5) is 14.5. The smallest absolute Gasteiger partial charge is 0.270 e. The van der Waals surface area contributed by atoms with E-state index in [1.807, 2.05) is 15.7 Å². The van der Waals surface area contributed by atoms with Crippen LogP contribution in [0.4, 0.5) is 5.69 Å². The van der Waals surface area contributed by atoms with Crippen LogP contribution in [0.3, 0.4) is 0 Å². The van der Waals surface area contributed by atoms with Gasteiger partial charge in [0.05, 0.1) is 5.69 Å². The number of carbonyl (C=O) groups is 1. The van der Waals surface area contributed by atoms with E-state index in [2.05, 4.69) is 13.8 Å². The van der Waals surface area contributed by atoms with Crippen LogP contribution in [-0.4, -0.2) is 28.5 Å². The minimum atomic E-state index is 0.131. The molecule has 1 aliphatic heterocycles. The molecular weight excluding hydrogens is 226 g/mol. The van der Waals surface area contributed by atoms with Crippen LogP contribution < -0.4 is 5.73 Å². The molecule has 1 amide bonds. The summed E-state index contributed by atoms with van der Waals surface area (Å²) in [6.07, 6.45) is 5.20. The van der Waals surface area contributed by atoms with E-state index in [4.69, 9.17) is 5.73 Å². The number of rotatable bonds is 3. The summed E-state index contributed by atoms with van der Waals surface area (Å²) in [6, 6.07) is 1.80. The van der Waals surface area contributed by atoms with Gasteiger partial charge in [-0.05, 0) is 31.2 Å². The van der Waals surface area contributed by atoms with Gasteiger partial charge in [0.15, 0.2) is 0 Å². The highest BCUT2D eigenvalue weighted by Gasteiger charge is 2.24. The van der Waals surface area contributed by atoms with Crippen LogP contribution in [0.5, 0.6) is 0 Å². The van der Waals surface area contributed by atoms with Crippen molar-refractivity contribution in [1.82, 2.24) is 9.47 Å². The zero-order chi connectivity index (χ0) is 13.1. The number of aryl methyl sites for hydroxylation is 1. The van der Waals surface area contributed by atoms with Gasteiger partial charge in [0, 0.05) is 25.8 Å². The molecule has 2 heterocycles. The average molecular weight is 249 g/mol. The first-order valence-electron chi connectivity index (χ1n) is 6.86. The van der Waals surface area contributed by atoms with Gasteiger partial charge < -0.3 is 15.2 Å². The molecule has 0 radical (unpaired) electrons. The monoisotopic (exact) mass is 249 g/mol. The number of carbonyl (C=O) groups excluding carboxylic acids is 1. The first-order chi connectivity index (χ1) is 8.61. The fourth-order valence-electron chi connectivity index (χ4n) is 2.67. The van der Waals surface area contributed by atoms with E-state index in [0.717, 1.165) is 38.2 Å². The Morgan fingerprint density at radius 2 is 2.33 bits per heavy atom. The Morgan fingerprint density at radius 1 is 1.56 bits per heavy atom. The van der Waals surface area contributed by atoms with Gasteiger partial charge in [-0.2, -0.15) is 0 Å².